The highest BCUT2D eigenvalue weighted by atomic mass is 16.5. The Bertz CT molecular complexity index is 436. The van der Waals surface area contributed by atoms with Gasteiger partial charge in [-0.3, -0.25) is 0 Å². The lowest BCUT2D eigenvalue weighted by Crippen LogP contribution is -2.40. The Labute approximate surface area is 113 Å². The highest BCUT2D eigenvalue weighted by molar-refractivity contribution is 5.88. The van der Waals surface area contributed by atoms with E-state index < -0.39 is 5.97 Å². The van der Waals surface area contributed by atoms with Crippen LogP contribution in [0.15, 0.2) is 18.3 Å². The maximum absolute atomic E-state index is 11.0. The van der Waals surface area contributed by atoms with Gasteiger partial charge in [-0.25, -0.2) is 9.78 Å². The number of rotatable bonds is 5. The molecule has 5 heteroatoms. The normalized spacial score (nSPS) is 19.4. The number of aromatic nitrogens is 1. The molecule has 19 heavy (non-hydrogen) atoms. The van der Waals surface area contributed by atoms with Crippen molar-refractivity contribution in [1.82, 2.24) is 4.98 Å². The van der Waals surface area contributed by atoms with E-state index in [9.17, 15) is 4.79 Å². The first-order valence-corrected chi connectivity index (χ1v) is 6.76. The monoisotopic (exact) mass is 264 g/mol. The fourth-order valence-electron chi connectivity index (χ4n) is 2.29. The van der Waals surface area contributed by atoms with Crippen LogP contribution in [0.1, 0.15) is 36.5 Å². The third-order valence-corrected chi connectivity index (χ3v) is 3.25. The molecule has 1 atom stereocenters. The Morgan fingerprint density at radius 2 is 2.47 bits per heavy atom. The van der Waals surface area contributed by atoms with Crippen LogP contribution in [0.3, 0.4) is 0 Å². The Balaban J connectivity index is 2.04. The van der Waals surface area contributed by atoms with Gasteiger partial charge in [0.05, 0.1) is 11.7 Å². The van der Waals surface area contributed by atoms with Crippen molar-refractivity contribution in [2.45, 2.75) is 32.3 Å². The molecule has 1 N–H and O–H groups in total. The van der Waals surface area contributed by atoms with E-state index >= 15 is 0 Å². The molecule has 1 saturated heterocycles. The standard InChI is InChI=1S/C14H20N2O3/c1-2-8-19-12-4-3-7-16(10-12)13-9-11(14(17)18)5-6-15-13/h5-6,9,12H,2-4,7-8,10H2,1H3,(H,17,18). The average Bonchev–Trinajstić information content (AvgIpc) is 2.45. The maximum atomic E-state index is 11.0. The number of piperidine rings is 1. The molecule has 2 rings (SSSR count). The first-order valence-electron chi connectivity index (χ1n) is 6.76. The molecule has 1 aromatic rings. The van der Waals surface area contributed by atoms with E-state index in [0.29, 0.717) is 0 Å². The molecular formula is C14H20N2O3. The summed E-state index contributed by atoms with van der Waals surface area (Å²) in [4.78, 5) is 17.3. The molecule has 0 spiro atoms. The molecule has 2 heterocycles. The summed E-state index contributed by atoms with van der Waals surface area (Å²) in [6.07, 6.45) is 4.91. The Hall–Kier alpha value is -1.62. The van der Waals surface area contributed by atoms with Gasteiger partial charge in [0.25, 0.3) is 0 Å². The quantitative estimate of drug-likeness (QED) is 0.883. The molecule has 0 saturated carbocycles. The van der Waals surface area contributed by atoms with Crippen LogP contribution in [0.25, 0.3) is 0 Å². The predicted molar refractivity (Wildman–Crippen MR) is 72.7 cm³/mol. The van der Waals surface area contributed by atoms with Crippen LogP contribution >= 0.6 is 0 Å². The van der Waals surface area contributed by atoms with Crippen LogP contribution in [0, 0.1) is 0 Å². The molecule has 1 unspecified atom stereocenters. The third kappa shape index (κ3) is 3.67. The van der Waals surface area contributed by atoms with Gasteiger partial charge in [-0.2, -0.15) is 0 Å². The molecule has 1 aliphatic heterocycles. The van der Waals surface area contributed by atoms with E-state index in [2.05, 4.69) is 16.8 Å². The number of hydrogen-bond acceptors (Lipinski definition) is 4. The predicted octanol–water partition coefficient (Wildman–Crippen LogP) is 2.18. The van der Waals surface area contributed by atoms with Gasteiger partial charge in [-0.15, -0.1) is 0 Å². The lowest BCUT2D eigenvalue weighted by atomic mass is 10.1. The highest BCUT2D eigenvalue weighted by Gasteiger charge is 2.21. The van der Waals surface area contributed by atoms with E-state index in [0.717, 1.165) is 44.8 Å². The summed E-state index contributed by atoms with van der Waals surface area (Å²) in [6.45, 7) is 4.57. The summed E-state index contributed by atoms with van der Waals surface area (Å²) in [5.41, 5.74) is 0.279. The first-order chi connectivity index (χ1) is 9.20. The Morgan fingerprint density at radius 3 is 3.21 bits per heavy atom. The molecule has 0 radical (unpaired) electrons. The number of pyridine rings is 1. The van der Waals surface area contributed by atoms with Crippen molar-refractivity contribution in [3.05, 3.63) is 23.9 Å². The number of hydrogen-bond donors (Lipinski definition) is 1. The minimum absolute atomic E-state index is 0.226. The van der Waals surface area contributed by atoms with Crippen molar-refractivity contribution < 1.29 is 14.6 Å². The summed E-state index contributed by atoms with van der Waals surface area (Å²) < 4.78 is 5.78. The van der Waals surface area contributed by atoms with Gasteiger partial charge in [0.15, 0.2) is 0 Å². The third-order valence-electron chi connectivity index (χ3n) is 3.25. The van der Waals surface area contributed by atoms with Gasteiger partial charge < -0.3 is 14.7 Å². The molecule has 0 bridgehead atoms. The molecule has 1 aliphatic rings. The zero-order chi connectivity index (χ0) is 13.7. The number of aromatic carboxylic acids is 1. The van der Waals surface area contributed by atoms with Crippen molar-refractivity contribution in [3.8, 4) is 0 Å². The fourth-order valence-corrected chi connectivity index (χ4v) is 2.29. The molecule has 104 valence electrons. The van der Waals surface area contributed by atoms with Gasteiger partial charge in [0, 0.05) is 25.9 Å². The largest absolute Gasteiger partial charge is 0.478 e. The summed E-state index contributed by atoms with van der Waals surface area (Å²) in [7, 11) is 0. The zero-order valence-corrected chi connectivity index (χ0v) is 11.2. The van der Waals surface area contributed by atoms with Crippen molar-refractivity contribution in [1.29, 1.82) is 0 Å². The summed E-state index contributed by atoms with van der Waals surface area (Å²) in [5, 5.41) is 9.00. The number of carbonyl (C=O) groups is 1. The Morgan fingerprint density at radius 1 is 1.63 bits per heavy atom. The van der Waals surface area contributed by atoms with E-state index in [1.807, 2.05) is 0 Å². The van der Waals surface area contributed by atoms with E-state index in [1.165, 1.54) is 6.07 Å². The van der Waals surface area contributed by atoms with Gasteiger partial charge in [0.1, 0.15) is 5.82 Å². The van der Waals surface area contributed by atoms with E-state index in [4.69, 9.17) is 9.84 Å². The lowest BCUT2D eigenvalue weighted by molar-refractivity contribution is 0.0439. The molecule has 5 nitrogen and oxygen atoms in total. The number of nitrogens with zero attached hydrogens (tertiary/aromatic N) is 2. The summed E-state index contributed by atoms with van der Waals surface area (Å²) >= 11 is 0. The van der Waals surface area contributed by atoms with Gasteiger partial charge in [0.2, 0.25) is 0 Å². The number of anilines is 1. The number of carboxylic acid groups (broad SMARTS) is 1. The number of carboxylic acids is 1. The van der Waals surface area contributed by atoms with Gasteiger partial charge in [-0.05, 0) is 31.4 Å². The molecular weight excluding hydrogens is 244 g/mol. The van der Waals surface area contributed by atoms with Crippen LogP contribution in [0.5, 0.6) is 0 Å². The van der Waals surface area contributed by atoms with Gasteiger partial charge in [-0.1, -0.05) is 6.92 Å². The SMILES string of the molecule is CCCOC1CCCN(c2cc(C(=O)O)ccn2)C1. The van der Waals surface area contributed by atoms with Crippen LogP contribution in [0.2, 0.25) is 0 Å². The van der Waals surface area contributed by atoms with Gasteiger partial charge >= 0.3 is 5.97 Å². The maximum Gasteiger partial charge on any atom is 0.335 e. The second-order valence-corrected chi connectivity index (χ2v) is 4.79. The summed E-state index contributed by atoms with van der Waals surface area (Å²) in [6, 6.07) is 3.14. The zero-order valence-electron chi connectivity index (χ0n) is 11.2. The number of ether oxygens (including phenoxy) is 1. The minimum atomic E-state index is -0.917. The van der Waals surface area contributed by atoms with Crippen molar-refractivity contribution >= 4 is 11.8 Å². The topological polar surface area (TPSA) is 62.7 Å². The van der Waals surface area contributed by atoms with Crippen LogP contribution in [-0.4, -0.2) is 41.9 Å². The van der Waals surface area contributed by atoms with Crippen molar-refractivity contribution in [2.24, 2.45) is 0 Å². The average molecular weight is 264 g/mol. The molecule has 0 amide bonds. The molecule has 1 fully saturated rings. The Kier molecular flexibility index (Phi) is 4.74. The first kappa shape index (κ1) is 13.8. The second-order valence-electron chi connectivity index (χ2n) is 4.79. The smallest absolute Gasteiger partial charge is 0.335 e. The van der Waals surface area contributed by atoms with E-state index in [1.54, 1.807) is 12.3 Å². The molecule has 1 aromatic heterocycles. The van der Waals surface area contributed by atoms with Crippen LogP contribution in [-0.2, 0) is 4.74 Å². The van der Waals surface area contributed by atoms with Crippen molar-refractivity contribution in [3.63, 3.8) is 0 Å². The lowest BCUT2D eigenvalue weighted by Gasteiger charge is -2.33. The van der Waals surface area contributed by atoms with E-state index in [-0.39, 0.29) is 11.7 Å². The summed E-state index contributed by atoms with van der Waals surface area (Å²) in [5.74, 6) is -0.191. The molecule has 0 aromatic carbocycles. The molecule has 0 aliphatic carbocycles. The fraction of sp³-hybridized carbons (Fsp3) is 0.571. The van der Waals surface area contributed by atoms with Crippen LogP contribution < -0.4 is 4.90 Å². The highest BCUT2D eigenvalue weighted by Crippen LogP contribution is 2.20. The van der Waals surface area contributed by atoms with Crippen molar-refractivity contribution in [2.75, 3.05) is 24.6 Å². The minimum Gasteiger partial charge on any atom is -0.478 e. The second kappa shape index (κ2) is 6.52. The van der Waals surface area contributed by atoms with Crippen LogP contribution in [0.4, 0.5) is 5.82 Å².